The van der Waals surface area contributed by atoms with Crippen LogP contribution in [0.15, 0.2) is 36.5 Å². The SMILES string of the molecule is CCOc1cc(C2CC(=O)Nc3c2cnn3-c2ccc3nnc(C)n3n2)ccc1OCC(N)=O. The van der Waals surface area contributed by atoms with Crippen LogP contribution in [0.1, 0.15) is 36.2 Å². The molecule has 0 spiro atoms. The molecule has 12 nitrogen and oxygen atoms in total. The van der Waals surface area contributed by atoms with Crippen LogP contribution < -0.4 is 20.5 Å². The molecule has 2 amide bonds. The number of aryl methyl sites for hydroxylation is 1. The van der Waals surface area contributed by atoms with Gasteiger partial charge in [-0.1, -0.05) is 6.07 Å². The van der Waals surface area contributed by atoms with Crippen LogP contribution in [-0.4, -0.2) is 54.6 Å². The van der Waals surface area contributed by atoms with Crippen LogP contribution in [-0.2, 0) is 9.59 Å². The number of nitrogens with zero attached hydrogens (tertiary/aromatic N) is 6. The average Bonchev–Trinajstić information content (AvgIpc) is 3.41. The summed E-state index contributed by atoms with van der Waals surface area (Å²) in [5, 5.41) is 20.1. The van der Waals surface area contributed by atoms with Gasteiger partial charge in [0.15, 0.2) is 35.4 Å². The van der Waals surface area contributed by atoms with Crippen LogP contribution in [0.4, 0.5) is 5.82 Å². The molecule has 1 aliphatic heterocycles. The maximum absolute atomic E-state index is 12.7. The summed E-state index contributed by atoms with van der Waals surface area (Å²) in [5.74, 6) is 1.59. The molecule has 4 heterocycles. The number of rotatable bonds is 7. The van der Waals surface area contributed by atoms with E-state index in [4.69, 9.17) is 15.2 Å². The molecule has 174 valence electrons. The average molecular weight is 462 g/mol. The Hall–Kier alpha value is -4.48. The zero-order valence-electron chi connectivity index (χ0n) is 18.6. The van der Waals surface area contributed by atoms with Crippen molar-refractivity contribution in [2.45, 2.75) is 26.2 Å². The predicted molar refractivity (Wildman–Crippen MR) is 120 cm³/mol. The van der Waals surface area contributed by atoms with Gasteiger partial charge in [0, 0.05) is 17.9 Å². The largest absolute Gasteiger partial charge is 0.490 e. The first-order chi connectivity index (χ1) is 16.4. The molecular weight excluding hydrogens is 440 g/mol. The van der Waals surface area contributed by atoms with Gasteiger partial charge in [0.05, 0.1) is 12.8 Å². The van der Waals surface area contributed by atoms with Crippen molar-refractivity contribution in [2.24, 2.45) is 5.73 Å². The number of anilines is 1. The summed E-state index contributed by atoms with van der Waals surface area (Å²) in [7, 11) is 0. The molecule has 4 aromatic rings. The number of aromatic nitrogens is 6. The van der Waals surface area contributed by atoms with E-state index < -0.39 is 5.91 Å². The first-order valence-corrected chi connectivity index (χ1v) is 10.7. The van der Waals surface area contributed by atoms with Crippen molar-refractivity contribution in [2.75, 3.05) is 18.5 Å². The van der Waals surface area contributed by atoms with Crippen LogP contribution in [0.25, 0.3) is 11.5 Å². The van der Waals surface area contributed by atoms with E-state index >= 15 is 0 Å². The van der Waals surface area contributed by atoms with Crippen LogP contribution in [0, 0.1) is 6.92 Å². The van der Waals surface area contributed by atoms with Gasteiger partial charge in [-0.2, -0.15) is 14.3 Å². The molecule has 0 radical (unpaired) electrons. The van der Waals surface area contributed by atoms with Crippen molar-refractivity contribution in [1.82, 2.24) is 29.6 Å². The molecule has 3 N–H and O–H groups in total. The molecule has 0 aliphatic carbocycles. The van der Waals surface area contributed by atoms with Crippen LogP contribution in [0.3, 0.4) is 0 Å². The van der Waals surface area contributed by atoms with Gasteiger partial charge in [0.2, 0.25) is 5.91 Å². The number of hydrogen-bond acceptors (Lipinski definition) is 8. The van der Waals surface area contributed by atoms with Crippen molar-refractivity contribution in [1.29, 1.82) is 0 Å². The zero-order chi connectivity index (χ0) is 23.8. The fourth-order valence-electron chi connectivity index (χ4n) is 3.97. The third kappa shape index (κ3) is 3.78. The number of nitrogens with one attached hydrogen (secondary N) is 1. The van der Waals surface area contributed by atoms with Gasteiger partial charge in [-0.05, 0) is 43.7 Å². The summed E-state index contributed by atoms with van der Waals surface area (Å²) in [6, 6.07) is 8.93. The van der Waals surface area contributed by atoms with E-state index in [0.717, 1.165) is 11.1 Å². The fraction of sp³-hybridized carbons (Fsp3) is 0.273. The molecule has 1 atom stereocenters. The molecule has 0 saturated carbocycles. The summed E-state index contributed by atoms with van der Waals surface area (Å²) in [6.45, 7) is 3.80. The molecule has 0 fully saturated rings. The van der Waals surface area contributed by atoms with Crippen molar-refractivity contribution in [3.8, 4) is 17.3 Å². The maximum atomic E-state index is 12.7. The van der Waals surface area contributed by atoms with E-state index in [0.29, 0.717) is 41.2 Å². The molecule has 1 aromatic carbocycles. The monoisotopic (exact) mass is 462 g/mol. The summed E-state index contributed by atoms with van der Waals surface area (Å²) >= 11 is 0. The Kier molecular flexibility index (Phi) is 5.32. The van der Waals surface area contributed by atoms with E-state index in [1.807, 2.05) is 19.1 Å². The lowest BCUT2D eigenvalue weighted by molar-refractivity contribution is -0.120. The lowest BCUT2D eigenvalue weighted by Gasteiger charge is -2.24. The Balaban J connectivity index is 1.53. The molecule has 34 heavy (non-hydrogen) atoms. The normalized spacial score (nSPS) is 15.1. The van der Waals surface area contributed by atoms with Gasteiger partial charge in [0.25, 0.3) is 5.91 Å². The van der Waals surface area contributed by atoms with Crippen LogP contribution in [0.2, 0.25) is 0 Å². The van der Waals surface area contributed by atoms with Gasteiger partial charge in [-0.15, -0.1) is 15.3 Å². The second kappa shape index (κ2) is 8.46. The number of hydrogen-bond donors (Lipinski definition) is 2. The zero-order valence-corrected chi connectivity index (χ0v) is 18.6. The van der Waals surface area contributed by atoms with Crippen molar-refractivity contribution < 1.29 is 19.1 Å². The highest BCUT2D eigenvalue weighted by atomic mass is 16.5. The number of amides is 2. The summed E-state index contributed by atoms with van der Waals surface area (Å²) in [4.78, 5) is 23.8. The van der Waals surface area contributed by atoms with Crippen molar-refractivity contribution in [3.63, 3.8) is 0 Å². The minimum atomic E-state index is -0.582. The number of fused-ring (bicyclic) bond motifs is 2. The molecule has 3 aromatic heterocycles. The summed E-state index contributed by atoms with van der Waals surface area (Å²) in [5.41, 5.74) is 7.50. The van der Waals surface area contributed by atoms with Gasteiger partial charge < -0.3 is 20.5 Å². The van der Waals surface area contributed by atoms with Crippen molar-refractivity contribution in [3.05, 3.63) is 53.5 Å². The number of carbonyl (C=O) groups is 2. The highest BCUT2D eigenvalue weighted by Crippen LogP contribution is 2.40. The minimum Gasteiger partial charge on any atom is -0.490 e. The molecular formula is C22H22N8O4. The molecule has 1 aliphatic rings. The van der Waals surface area contributed by atoms with E-state index in [1.165, 1.54) is 0 Å². The first kappa shape index (κ1) is 21.4. The topological polar surface area (TPSA) is 152 Å². The lowest BCUT2D eigenvalue weighted by Crippen LogP contribution is -2.25. The molecule has 0 saturated heterocycles. The van der Waals surface area contributed by atoms with Gasteiger partial charge >= 0.3 is 0 Å². The van der Waals surface area contributed by atoms with E-state index in [9.17, 15) is 9.59 Å². The van der Waals surface area contributed by atoms with Crippen LogP contribution in [0.5, 0.6) is 11.5 Å². The number of benzene rings is 1. The Labute approximate surface area is 193 Å². The third-order valence-electron chi connectivity index (χ3n) is 5.48. The number of primary amides is 1. The van der Waals surface area contributed by atoms with Crippen molar-refractivity contribution >= 4 is 23.3 Å². The lowest BCUT2D eigenvalue weighted by atomic mass is 9.87. The fourth-order valence-corrected chi connectivity index (χ4v) is 3.97. The number of ether oxygens (including phenoxy) is 2. The maximum Gasteiger partial charge on any atom is 0.255 e. The summed E-state index contributed by atoms with van der Waals surface area (Å²) in [6.07, 6.45) is 1.96. The van der Waals surface area contributed by atoms with Crippen LogP contribution >= 0.6 is 0 Å². The molecule has 12 heteroatoms. The summed E-state index contributed by atoms with van der Waals surface area (Å²) < 4.78 is 14.4. The Bertz CT molecular complexity index is 1410. The third-order valence-corrected chi connectivity index (χ3v) is 5.48. The van der Waals surface area contributed by atoms with E-state index in [1.54, 1.807) is 40.5 Å². The van der Waals surface area contributed by atoms with E-state index in [-0.39, 0.29) is 24.9 Å². The number of carbonyl (C=O) groups excluding carboxylic acids is 2. The minimum absolute atomic E-state index is 0.146. The molecule has 0 bridgehead atoms. The Morgan fingerprint density at radius 2 is 2.06 bits per heavy atom. The quantitative estimate of drug-likeness (QED) is 0.418. The second-order valence-electron chi connectivity index (χ2n) is 7.77. The Morgan fingerprint density at radius 3 is 2.85 bits per heavy atom. The van der Waals surface area contributed by atoms with Gasteiger partial charge in [-0.25, -0.2) is 0 Å². The highest BCUT2D eigenvalue weighted by Gasteiger charge is 2.31. The number of nitrogens with two attached hydrogens (primary N) is 1. The van der Waals surface area contributed by atoms with Gasteiger partial charge in [-0.3, -0.25) is 9.59 Å². The highest BCUT2D eigenvalue weighted by molar-refractivity contribution is 5.94. The van der Waals surface area contributed by atoms with Gasteiger partial charge in [0.1, 0.15) is 5.82 Å². The molecule has 5 rings (SSSR count). The second-order valence-corrected chi connectivity index (χ2v) is 7.77. The Morgan fingerprint density at radius 1 is 1.21 bits per heavy atom. The molecule has 1 unspecified atom stereocenters. The standard InChI is InChI=1S/C22H22N8O4/c1-3-33-17-8-13(4-5-16(17)34-11-18(23)31)14-9-21(32)25-22-15(14)10-24-30(22)20-7-6-19-27-26-12(2)29(19)28-20/h4-8,10,14H,3,9,11H2,1-2H3,(H2,23,31)(H,25,32). The first-order valence-electron chi connectivity index (χ1n) is 10.7. The smallest absolute Gasteiger partial charge is 0.255 e. The van der Waals surface area contributed by atoms with E-state index in [2.05, 4.69) is 25.7 Å². The predicted octanol–water partition coefficient (Wildman–Crippen LogP) is 1.36.